The van der Waals surface area contributed by atoms with Crippen LogP contribution in [0, 0.1) is 0 Å². The topological polar surface area (TPSA) is 76.2 Å². The quantitative estimate of drug-likeness (QED) is 0.464. The Kier molecular flexibility index (Phi) is 5.94. The predicted molar refractivity (Wildman–Crippen MR) is 127 cm³/mol. The zero-order valence-corrected chi connectivity index (χ0v) is 20.4. The van der Waals surface area contributed by atoms with Crippen molar-refractivity contribution in [3.63, 3.8) is 0 Å². The van der Waals surface area contributed by atoms with E-state index < -0.39 is 23.8 Å². The van der Waals surface area contributed by atoms with E-state index in [1.54, 1.807) is 20.3 Å². The summed E-state index contributed by atoms with van der Waals surface area (Å²) in [6.45, 7) is 0.540. The molecule has 2 saturated heterocycles. The molecule has 34 heavy (non-hydrogen) atoms. The highest BCUT2D eigenvalue weighted by Gasteiger charge is 2.54. The molecule has 2 bridgehead atoms. The number of halogens is 2. The number of rotatable bonds is 4. The van der Waals surface area contributed by atoms with Crippen molar-refractivity contribution >= 4 is 40.8 Å². The van der Waals surface area contributed by atoms with Gasteiger partial charge in [0, 0.05) is 28.8 Å². The molecule has 3 aliphatic rings. The zero-order chi connectivity index (χ0) is 24.1. The maximum absolute atomic E-state index is 13.6. The van der Waals surface area contributed by atoms with Gasteiger partial charge in [-0.25, -0.2) is 0 Å². The minimum Gasteiger partial charge on any atom is -0.497 e. The summed E-state index contributed by atoms with van der Waals surface area (Å²) in [6, 6.07) is 6.75. The molecule has 0 spiro atoms. The fourth-order valence-electron chi connectivity index (χ4n) is 5.64. The van der Waals surface area contributed by atoms with Crippen LogP contribution in [-0.4, -0.2) is 60.2 Å². The average molecular weight is 503 g/mol. The van der Waals surface area contributed by atoms with Crippen molar-refractivity contribution in [3.05, 3.63) is 57.1 Å². The summed E-state index contributed by atoms with van der Waals surface area (Å²) in [6.07, 6.45) is 2.65. The predicted octanol–water partition coefficient (Wildman–Crippen LogP) is 4.08. The van der Waals surface area contributed by atoms with Crippen molar-refractivity contribution in [1.29, 1.82) is 0 Å². The lowest BCUT2D eigenvalue weighted by Crippen LogP contribution is -2.68. The van der Waals surface area contributed by atoms with Crippen molar-refractivity contribution in [2.45, 2.75) is 43.8 Å². The monoisotopic (exact) mass is 502 g/mol. The lowest BCUT2D eigenvalue weighted by atomic mass is 9.78. The lowest BCUT2D eigenvalue weighted by molar-refractivity contribution is -0.164. The number of benzene rings is 2. The minimum atomic E-state index is -0.738. The second-order valence-corrected chi connectivity index (χ2v) is 9.65. The largest absolute Gasteiger partial charge is 0.497 e. The third-order valence-corrected chi connectivity index (χ3v) is 7.67. The highest BCUT2D eigenvalue weighted by atomic mass is 35.5. The second-order valence-electron chi connectivity index (χ2n) is 8.81. The van der Waals surface area contributed by atoms with Gasteiger partial charge in [-0.05, 0) is 55.5 Å². The van der Waals surface area contributed by atoms with Gasteiger partial charge in [0.15, 0.2) is 0 Å². The standard InChI is InChI=1S/C25H24Cl2N2O5/c1-33-15-10-13-8-9-28-22(21(13)20(12-15)34-2)18-4-3-5-19(24(28)31)29(18)25(32)23(30)16-7-6-14(26)11-17(16)27/h6-7,10-12,18-19,22H,3-5,8-9H2,1-2H3/t18-,19+,22?/m1/s1. The van der Waals surface area contributed by atoms with E-state index >= 15 is 0 Å². The summed E-state index contributed by atoms with van der Waals surface area (Å²) in [5.74, 6) is -0.301. The van der Waals surface area contributed by atoms with E-state index in [1.807, 2.05) is 11.0 Å². The average Bonchev–Trinajstić information content (AvgIpc) is 2.84. The van der Waals surface area contributed by atoms with E-state index in [4.69, 9.17) is 32.7 Å². The van der Waals surface area contributed by atoms with Crippen LogP contribution in [0.2, 0.25) is 10.0 Å². The Bertz CT molecular complexity index is 1180. The Morgan fingerprint density at radius 3 is 2.56 bits per heavy atom. The van der Waals surface area contributed by atoms with Crippen molar-refractivity contribution in [1.82, 2.24) is 9.80 Å². The number of fused-ring (bicyclic) bond motifs is 6. The number of nitrogens with zero attached hydrogens (tertiary/aromatic N) is 2. The fourth-order valence-corrected chi connectivity index (χ4v) is 6.13. The molecular formula is C25H24Cl2N2O5. The summed E-state index contributed by atoms with van der Waals surface area (Å²) in [7, 11) is 3.18. The van der Waals surface area contributed by atoms with Gasteiger partial charge in [0.1, 0.15) is 17.5 Å². The van der Waals surface area contributed by atoms with Crippen LogP contribution in [0.5, 0.6) is 11.5 Å². The first-order valence-corrected chi connectivity index (χ1v) is 12.0. The van der Waals surface area contributed by atoms with Gasteiger partial charge in [0.25, 0.3) is 11.7 Å². The van der Waals surface area contributed by atoms with Crippen molar-refractivity contribution in [3.8, 4) is 11.5 Å². The number of hydrogen-bond acceptors (Lipinski definition) is 5. The Morgan fingerprint density at radius 1 is 1.06 bits per heavy atom. The molecule has 0 aromatic heterocycles. The lowest BCUT2D eigenvalue weighted by Gasteiger charge is -2.55. The Balaban J connectivity index is 1.58. The summed E-state index contributed by atoms with van der Waals surface area (Å²) in [4.78, 5) is 43.8. The number of carbonyl (C=O) groups excluding carboxylic acids is 3. The van der Waals surface area contributed by atoms with Gasteiger partial charge in [-0.1, -0.05) is 23.2 Å². The molecule has 2 fully saturated rings. The Morgan fingerprint density at radius 2 is 1.85 bits per heavy atom. The van der Waals surface area contributed by atoms with Gasteiger partial charge in [-0.2, -0.15) is 0 Å². The number of Topliss-reactive ketones (excluding diaryl/α,β-unsaturated/α-hetero) is 1. The second kappa shape index (κ2) is 8.78. The van der Waals surface area contributed by atoms with E-state index in [0.717, 1.165) is 17.5 Å². The van der Waals surface area contributed by atoms with Gasteiger partial charge in [-0.15, -0.1) is 0 Å². The number of carbonyl (C=O) groups is 3. The summed E-state index contributed by atoms with van der Waals surface area (Å²) >= 11 is 12.2. The molecule has 0 N–H and O–H groups in total. The van der Waals surface area contributed by atoms with Crippen molar-refractivity contribution in [2.24, 2.45) is 0 Å². The van der Waals surface area contributed by atoms with Crippen LogP contribution < -0.4 is 9.47 Å². The normalized spacial score (nSPS) is 23.2. The van der Waals surface area contributed by atoms with E-state index in [2.05, 4.69) is 0 Å². The molecule has 5 rings (SSSR count). The van der Waals surface area contributed by atoms with Crippen LogP contribution in [-0.2, 0) is 16.0 Å². The molecule has 178 valence electrons. The highest BCUT2D eigenvalue weighted by molar-refractivity contribution is 6.47. The van der Waals surface area contributed by atoms with Crippen LogP contribution in [0.3, 0.4) is 0 Å². The number of piperazine rings is 1. The minimum absolute atomic E-state index is 0.0791. The third kappa shape index (κ3) is 3.53. The Labute approximate surface area is 207 Å². The molecular weight excluding hydrogens is 479 g/mol. The van der Waals surface area contributed by atoms with Crippen LogP contribution in [0.15, 0.2) is 30.3 Å². The van der Waals surface area contributed by atoms with Gasteiger partial charge < -0.3 is 19.3 Å². The van der Waals surface area contributed by atoms with Gasteiger partial charge in [-0.3, -0.25) is 14.4 Å². The first-order chi connectivity index (χ1) is 16.3. The molecule has 3 atom stereocenters. The molecule has 0 aliphatic carbocycles. The molecule has 9 heteroatoms. The molecule has 3 heterocycles. The van der Waals surface area contributed by atoms with Crippen LogP contribution in [0.25, 0.3) is 0 Å². The van der Waals surface area contributed by atoms with E-state index in [9.17, 15) is 14.4 Å². The van der Waals surface area contributed by atoms with Gasteiger partial charge >= 0.3 is 0 Å². The SMILES string of the molecule is COc1cc2c(c(OC)c1)C1[C@H]3CCC[C@@H](C(=O)N1CC2)N3C(=O)C(=O)c1ccc(Cl)cc1Cl. The van der Waals surface area contributed by atoms with Crippen LogP contribution in [0.4, 0.5) is 0 Å². The summed E-state index contributed by atoms with van der Waals surface area (Å²) in [5.41, 5.74) is 1.98. The van der Waals surface area contributed by atoms with Gasteiger partial charge in [0.2, 0.25) is 5.91 Å². The third-order valence-electron chi connectivity index (χ3n) is 7.12. The first kappa shape index (κ1) is 23.0. The molecule has 3 aliphatic heterocycles. The molecule has 2 aromatic carbocycles. The van der Waals surface area contributed by atoms with Crippen molar-refractivity contribution < 1.29 is 23.9 Å². The first-order valence-electron chi connectivity index (χ1n) is 11.2. The number of methoxy groups -OCH3 is 2. The van der Waals surface area contributed by atoms with Crippen molar-refractivity contribution in [2.75, 3.05) is 20.8 Å². The van der Waals surface area contributed by atoms with Gasteiger partial charge in [0.05, 0.1) is 31.3 Å². The highest BCUT2D eigenvalue weighted by Crippen LogP contribution is 2.48. The molecule has 2 aromatic rings. The van der Waals surface area contributed by atoms with Crippen LogP contribution in [0.1, 0.15) is 46.8 Å². The zero-order valence-electron chi connectivity index (χ0n) is 18.8. The number of hydrogen-bond donors (Lipinski definition) is 0. The number of piperidine rings is 1. The molecule has 0 saturated carbocycles. The summed E-state index contributed by atoms with van der Waals surface area (Å²) in [5, 5.41) is 0.480. The van der Waals surface area contributed by atoms with Crippen LogP contribution >= 0.6 is 23.2 Å². The maximum Gasteiger partial charge on any atom is 0.296 e. The van der Waals surface area contributed by atoms with E-state index in [1.165, 1.54) is 23.1 Å². The number of ether oxygens (including phenoxy) is 2. The Hall–Kier alpha value is -2.77. The molecule has 0 radical (unpaired) electrons. The number of ketones is 1. The smallest absolute Gasteiger partial charge is 0.296 e. The fraction of sp³-hybridized carbons (Fsp3) is 0.400. The van der Waals surface area contributed by atoms with E-state index in [-0.39, 0.29) is 22.5 Å². The van der Waals surface area contributed by atoms with E-state index in [0.29, 0.717) is 42.3 Å². The maximum atomic E-state index is 13.6. The number of amides is 2. The molecule has 7 nitrogen and oxygen atoms in total. The summed E-state index contributed by atoms with van der Waals surface area (Å²) < 4.78 is 11.1. The molecule has 2 amide bonds. The molecule has 1 unspecified atom stereocenters.